The zero-order chi connectivity index (χ0) is 18.4. The van der Waals surface area contributed by atoms with Crippen molar-refractivity contribution < 1.29 is 37.4 Å². The lowest BCUT2D eigenvalue weighted by Gasteiger charge is -2.18. The van der Waals surface area contributed by atoms with Crippen molar-refractivity contribution in [1.29, 1.82) is 0 Å². The number of ether oxygens (including phenoxy) is 1. The fourth-order valence-electron chi connectivity index (χ4n) is 2.49. The molecule has 0 aromatic carbocycles. The Bertz CT molecular complexity index is 883. The van der Waals surface area contributed by atoms with E-state index in [0.717, 1.165) is 0 Å². The van der Waals surface area contributed by atoms with Crippen LogP contribution in [0.25, 0.3) is 11.2 Å². The number of phosphoric ester groups is 1. The summed E-state index contributed by atoms with van der Waals surface area (Å²) >= 11 is 0. The lowest BCUT2D eigenvalue weighted by molar-refractivity contribution is -0.00650. The molecular formula is C10H15N5O8P2. The first-order valence-electron chi connectivity index (χ1n) is 6.92. The number of nitrogen functional groups attached to an aromatic ring is 1. The molecule has 1 aliphatic rings. The molecule has 2 aromatic rings. The van der Waals surface area contributed by atoms with Gasteiger partial charge in [0.1, 0.15) is 18.1 Å². The van der Waals surface area contributed by atoms with Gasteiger partial charge in [-0.25, -0.2) is 24.1 Å². The Kier molecular flexibility index (Phi) is 4.69. The van der Waals surface area contributed by atoms with Gasteiger partial charge < -0.3 is 25.2 Å². The highest BCUT2D eigenvalue weighted by atomic mass is 31.3. The second kappa shape index (κ2) is 6.38. The average Bonchev–Trinajstić information content (AvgIpc) is 3.01. The number of fused-ring (bicyclic) bond motifs is 1. The van der Waals surface area contributed by atoms with Crippen LogP contribution in [0.3, 0.4) is 0 Å². The molecule has 138 valence electrons. The van der Waals surface area contributed by atoms with Crippen LogP contribution in [0.15, 0.2) is 12.7 Å². The van der Waals surface area contributed by atoms with Crippen LogP contribution in [-0.4, -0.2) is 46.4 Å². The van der Waals surface area contributed by atoms with Crippen LogP contribution in [-0.2, 0) is 22.7 Å². The molecule has 0 spiro atoms. The van der Waals surface area contributed by atoms with Gasteiger partial charge >= 0.3 is 15.6 Å². The lowest BCUT2D eigenvalue weighted by atomic mass is 10.2. The third-order valence-electron chi connectivity index (χ3n) is 3.50. The fraction of sp³-hybridized carbons (Fsp3) is 0.500. The lowest BCUT2D eigenvalue weighted by Crippen LogP contribution is -2.20. The van der Waals surface area contributed by atoms with E-state index < -0.39 is 34.1 Å². The molecule has 1 aliphatic heterocycles. The van der Waals surface area contributed by atoms with E-state index in [-0.39, 0.29) is 12.2 Å². The van der Waals surface area contributed by atoms with Gasteiger partial charge in [0.2, 0.25) is 0 Å². The van der Waals surface area contributed by atoms with Gasteiger partial charge in [0.05, 0.1) is 18.5 Å². The molecule has 25 heavy (non-hydrogen) atoms. The maximum atomic E-state index is 11.7. The Hall–Kier alpha value is -1.43. The molecule has 3 heterocycles. The first kappa shape index (κ1) is 18.4. The van der Waals surface area contributed by atoms with Crippen LogP contribution >= 0.6 is 15.6 Å². The van der Waals surface area contributed by atoms with Gasteiger partial charge in [-0.1, -0.05) is 0 Å². The average molecular weight is 395 g/mol. The number of rotatable bonds is 5. The number of imidazole rings is 1. The SMILES string of the molecule is C[C@H]1O[C@@H](n2cnc3c(N)ncnc32)CC1OP(=O)(O)OP(=O)(O)O. The second-order valence-electron chi connectivity index (χ2n) is 5.30. The van der Waals surface area contributed by atoms with Gasteiger partial charge in [-0.2, -0.15) is 4.31 Å². The van der Waals surface area contributed by atoms with E-state index >= 15 is 0 Å². The van der Waals surface area contributed by atoms with Crippen molar-refractivity contribution in [3.05, 3.63) is 12.7 Å². The van der Waals surface area contributed by atoms with Crippen molar-refractivity contribution in [3.63, 3.8) is 0 Å². The molecule has 3 rings (SSSR count). The Morgan fingerprint density at radius 3 is 2.72 bits per heavy atom. The summed E-state index contributed by atoms with van der Waals surface area (Å²) in [7, 11) is -10.2. The van der Waals surface area contributed by atoms with Crippen LogP contribution in [0.5, 0.6) is 0 Å². The predicted molar refractivity (Wildman–Crippen MR) is 81.8 cm³/mol. The maximum absolute atomic E-state index is 11.7. The highest BCUT2D eigenvalue weighted by Crippen LogP contribution is 2.59. The third kappa shape index (κ3) is 4.05. The van der Waals surface area contributed by atoms with Gasteiger partial charge in [0.15, 0.2) is 11.5 Å². The zero-order valence-electron chi connectivity index (χ0n) is 12.7. The minimum atomic E-state index is -5.19. The summed E-state index contributed by atoms with van der Waals surface area (Å²) in [5.74, 6) is 0.192. The molecule has 13 nitrogen and oxygen atoms in total. The topological polar surface area (TPSA) is 192 Å². The first-order chi connectivity index (χ1) is 11.6. The van der Waals surface area contributed by atoms with Gasteiger partial charge in [0.25, 0.3) is 0 Å². The van der Waals surface area contributed by atoms with E-state index in [1.807, 2.05) is 0 Å². The third-order valence-corrected chi connectivity index (χ3v) is 5.72. The highest BCUT2D eigenvalue weighted by Gasteiger charge is 2.42. The second-order valence-corrected chi connectivity index (χ2v) is 8.08. The molecule has 5 N–H and O–H groups in total. The smallest absolute Gasteiger partial charge is 0.382 e. The minimum Gasteiger partial charge on any atom is -0.382 e. The van der Waals surface area contributed by atoms with Crippen molar-refractivity contribution >= 4 is 32.6 Å². The Morgan fingerprint density at radius 2 is 2.04 bits per heavy atom. The first-order valence-corrected chi connectivity index (χ1v) is 9.95. The van der Waals surface area contributed by atoms with E-state index in [1.165, 1.54) is 12.7 Å². The van der Waals surface area contributed by atoms with E-state index in [2.05, 4.69) is 19.3 Å². The molecule has 2 aromatic heterocycles. The zero-order valence-corrected chi connectivity index (χ0v) is 14.5. The van der Waals surface area contributed by atoms with E-state index in [4.69, 9.17) is 24.8 Å². The Labute approximate surface area is 140 Å². The van der Waals surface area contributed by atoms with E-state index in [1.54, 1.807) is 11.5 Å². The molecular weight excluding hydrogens is 380 g/mol. The largest absolute Gasteiger partial charge is 0.481 e. The molecule has 0 radical (unpaired) electrons. The molecule has 0 aliphatic carbocycles. The van der Waals surface area contributed by atoms with Crippen molar-refractivity contribution in [3.8, 4) is 0 Å². The summed E-state index contributed by atoms with van der Waals surface area (Å²) in [6.45, 7) is 1.57. The number of hydrogen-bond acceptors (Lipinski definition) is 9. The number of anilines is 1. The molecule has 2 unspecified atom stereocenters. The molecule has 0 saturated carbocycles. The van der Waals surface area contributed by atoms with Crippen LogP contribution in [0.1, 0.15) is 19.6 Å². The molecule has 0 amide bonds. The van der Waals surface area contributed by atoms with Gasteiger partial charge in [-0.3, -0.25) is 9.09 Å². The van der Waals surface area contributed by atoms with Gasteiger partial charge in [-0.05, 0) is 6.92 Å². The molecule has 1 saturated heterocycles. The van der Waals surface area contributed by atoms with Crippen LogP contribution in [0.2, 0.25) is 0 Å². The van der Waals surface area contributed by atoms with Gasteiger partial charge in [0, 0.05) is 6.42 Å². The van der Waals surface area contributed by atoms with E-state index in [0.29, 0.717) is 11.2 Å². The molecule has 4 atom stereocenters. The summed E-state index contributed by atoms with van der Waals surface area (Å²) in [4.78, 5) is 38.8. The summed E-state index contributed by atoms with van der Waals surface area (Å²) < 4.78 is 38.2. The quantitative estimate of drug-likeness (QED) is 0.507. The van der Waals surface area contributed by atoms with Crippen molar-refractivity contribution in [1.82, 2.24) is 19.5 Å². The maximum Gasteiger partial charge on any atom is 0.481 e. The summed E-state index contributed by atoms with van der Waals surface area (Å²) in [5.41, 5.74) is 6.49. The van der Waals surface area contributed by atoms with Crippen LogP contribution in [0.4, 0.5) is 5.82 Å². The normalized spacial score (nSPS) is 26.8. The van der Waals surface area contributed by atoms with Crippen LogP contribution < -0.4 is 5.73 Å². The molecule has 1 fully saturated rings. The monoisotopic (exact) mass is 395 g/mol. The standard InChI is InChI=1S/C10H15N5O8P2/c1-5-6(22-25(19,20)23-24(16,17)18)2-7(21-5)15-4-14-8-9(11)12-3-13-10(8)15/h3-7H,2H2,1H3,(H,19,20)(H2,11,12,13)(H2,16,17,18)/t5-,6?,7-/m1/s1. The van der Waals surface area contributed by atoms with Crippen molar-refractivity contribution in [2.45, 2.75) is 31.8 Å². The summed E-state index contributed by atoms with van der Waals surface area (Å²) in [6.07, 6.45) is 0.518. The Balaban J connectivity index is 1.78. The fourth-order valence-corrected chi connectivity index (χ4v) is 4.32. The number of nitrogens with zero attached hydrogens (tertiary/aromatic N) is 4. The van der Waals surface area contributed by atoms with E-state index in [9.17, 15) is 14.0 Å². The number of nitrogens with two attached hydrogens (primary N) is 1. The predicted octanol–water partition coefficient (Wildman–Crippen LogP) is 0.311. The number of hydrogen-bond donors (Lipinski definition) is 4. The molecule has 0 bridgehead atoms. The number of aromatic nitrogens is 4. The minimum absolute atomic E-state index is 0.0889. The summed E-state index contributed by atoms with van der Waals surface area (Å²) in [5, 5.41) is 0. The number of phosphoric acid groups is 2. The van der Waals surface area contributed by atoms with Gasteiger partial charge in [-0.15, -0.1) is 0 Å². The van der Waals surface area contributed by atoms with Crippen molar-refractivity contribution in [2.24, 2.45) is 0 Å². The molecule has 15 heteroatoms. The van der Waals surface area contributed by atoms with Crippen molar-refractivity contribution in [2.75, 3.05) is 5.73 Å². The highest BCUT2D eigenvalue weighted by molar-refractivity contribution is 7.60. The Morgan fingerprint density at radius 1 is 1.32 bits per heavy atom. The summed E-state index contributed by atoms with van der Waals surface area (Å²) in [6, 6.07) is 0. The van der Waals surface area contributed by atoms with Crippen LogP contribution in [0, 0.1) is 0 Å².